The number of carbonyl (C=O) groups is 2. The number of hydrogen-bond donors (Lipinski definition) is 2. The first-order chi connectivity index (χ1) is 17.9. The van der Waals surface area contributed by atoms with Crippen LogP contribution in [-0.2, 0) is 11.3 Å². The summed E-state index contributed by atoms with van der Waals surface area (Å²) in [6.07, 6.45) is 8.58. The number of aliphatic hydroxyl groups excluding tert-OH is 1. The van der Waals surface area contributed by atoms with Crippen LogP contribution in [0.25, 0.3) is 0 Å². The van der Waals surface area contributed by atoms with Crippen molar-refractivity contribution in [1.82, 2.24) is 14.8 Å². The van der Waals surface area contributed by atoms with E-state index in [1.54, 1.807) is 29.4 Å². The number of aliphatic hydroxyl groups is 1. The number of amides is 2. The Bertz CT molecular complexity index is 1060. The van der Waals surface area contributed by atoms with E-state index in [-0.39, 0.29) is 42.4 Å². The van der Waals surface area contributed by atoms with Crippen molar-refractivity contribution in [2.45, 2.75) is 64.6 Å². The van der Waals surface area contributed by atoms with Crippen LogP contribution >= 0.6 is 0 Å². The first-order valence-corrected chi connectivity index (χ1v) is 13.5. The molecule has 2 aliphatic rings. The molecule has 1 aliphatic heterocycles. The fourth-order valence-corrected chi connectivity index (χ4v) is 5.30. The molecule has 4 rings (SSSR count). The van der Waals surface area contributed by atoms with Crippen molar-refractivity contribution >= 4 is 17.5 Å². The largest absolute Gasteiger partial charge is 0.488 e. The van der Waals surface area contributed by atoms with Crippen LogP contribution in [0.15, 0.2) is 42.7 Å². The maximum atomic E-state index is 13.7. The van der Waals surface area contributed by atoms with E-state index in [2.05, 4.69) is 29.2 Å². The summed E-state index contributed by atoms with van der Waals surface area (Å²) in [5, 5.41) is 12.9. The van der Waals surface area contributed by atoms with Crippen molar-refractivity contribution in [2.24, 2.45) is 11.8 Å². The van der Waals surface area contributed by atoms with Gasteiger partial charge in [0.15, 0.2) is 0 Å². The van der Waals surface area contributed by atoms with E-state index < -0.39 is 0 Å². The molecule has 0 saturated heterocycles. The Kier molecular flexibility index (Phi) is 9.16. The summed E-state index contributed by atoms with van der Waals surface area (Å²) < 4.78 is 6.49. The Morgan fingerprint density at radius 1 is 1.22 bits per heavy atom. The Morgan fingerprint density at radius 3 is 2.65 bits per heavy atom. The maximum absolute atomic E-state index is 13.7. The number of nitrogens with one attached hydrogen (secondary N) is 1. The van der Waals surface area contributed by atoms with E-state index in [9.17, 15) is 14.7 Å². The number of nitrogens with zero attached hydrogens (tertiary/aromatic N) is 3. The smallest absolute Gasteiger partial charge is 0.258 e. The predicted octanol–water partition coefficient (Wildman–Crippen LogP) is 3.95. The van der Waals surface area contributed by atoms with Gasteiger partial charge in [-0.3, -0.25) is 19.5 Å². The minimum Gasteiger partial charge on any atom is -0.488 e. The van der Waals surface area contributed by atoms with Crippen LogP contribution < -0.4 is 10.1 Å². The first kappa shape index (κ1) is 27.1. The average Bonchev–Trinajstić information content (AvgIpc) is 2.91. The molecule has 2 heterocycles. The minimum atomic E-state index is -0.336. The Balaban J connectivity index is 1.57. The van der Waals surface area contributed by atoms with E-state index in [1.807, 2.05) is 25.1 Å². The second kappa shape index (κ2) is 12.5. The number of hydrogen-bond acceptors (Lipinski definition) is 6. The highest BCUT2D eigenvalue weighted by atomic mass is 16.5. The number of rotatable bonds is 8. The number of aromatic nitrogens is 1. The molecule has 0 unspecified atom stereocenters. The van der Waals surface area contributed by atoms with E-state index in [0.29, 0.717) is 30.1 Å². The van der Waals surface area contributed by atoms with E-state index in [0.717, 1.165) is 32.2 Å². The maximum Gasteiger partial charge on any atom is 0.258 e. The van der Waals surface area contributed by atoms with E-state index in [4.69, 9.17) is 4.74 Å². The Hall–Kier alpha value is -2.97. The highest BCUT2D eigenvalue weighted by molar-refractivity contribution is 6.00. The molecule has 1 fully saturated rings. The predicted molar refractivity (Wildman–Crippen MR) is 143 cm³/mol. The summed E-state index contributed by atoms with van der Waals surface area (Å²) in [4.78, 5) is 34.5. The monoisotopic (exact) mass is 508 g/mol. The van der Waals surface area contributed by atoms with Crippen LogP contribution in [0, 0.1) is 11.8 Å². The summed E-state index contributed by atoms with van der Waals surface area (Å²) in [5.74, 6) is 0.389. The summed E-state index contributed by atoms with van der Waals surface area (Å²) in [5.41, 5.74) is 2.18. The molecule has 8 heteroatoms. The topological polar surface area (TPSA) is 95.0 Å². The van der Waals surface area contributed by atoms with Crippen LogP contribution in [0.1, 0.15) is 61.9 Å². The quantitative estimate of drug-likeness (QED) is 0.561. The van der Waals surface area contributed by atoms with Gasteiger partial charge >= 0.3 is 0 Å². The zero-order chi connectivity index (χ0) is 26.4. The Morgan fingerprint density at radius 2 is 1.95 bits per heavy atom. The molecule has 0 radical (unpaired) electrons. The SMILES string of the molecule is C[C@@H]1CN([C@@H](C)CO)C(=O)c2cc(NC(=O)C3CCCCC3)ccc2O[C@H]1CN(C)Cc1ccncc1. The lowest BCUT2D eigenvalue weighted by Crippen LogP contribution is -2.49. The lowest BCUT2D eigenvalue weighted by Gasteiger charge is -2.38. The van der Waals surface area contributed by atoms with Crippen LogP contribution in [0.4, 0.5) is 5.69 Å². The number of pyridine rings is 1. The molecule has 200 valence electrons. The number of fused-ring (bicyclic) bond motifs is 1. The van der Waals surface area contributed by atoms with Gasteiger partial charge < -0.3 is 20.1 Å². The normalized spacial score (nSPS) is 21.5. The van der Waals surface area contributed by atoms with Gasteiger partial charge in [0, 0.05) is 49.6 Å². The standard InChI is InChI=1S/C29H40N4O4/c1-20-16-33(21(2)19-34)29(36)25-15-24(31-28(35)23-7-5-4-6-8-23)9-10-26(25)37-27(20)18-32(3)17-22-11-13-30-14-12-22/h9-15,20-21,23,27,34H,4-8,16-19H2,1-3H3,(H,31,35)/t20-,21+,27+/m1/s1. The van der Waals surface area contributed by atoms with Gasteiger partial charge in [0.2, 0.25) is 5.91 Å². The molecular weight excluding hydrogens is 468 g/mol. The fraction of sp³-hybridized carbons (Fsp3) is 0.552. The van der Waals surface area contributed by atoms with Gasteiger partial charge in [0.05, 0.1) is 18.2 Å². The fourth-order valence-electron chi connectivity index (χ4n) is 5.30. The molecule has 2 N–H and O–H groups in total. The summed E-state index contributed by atoms with van der Waals surface area (Å²) in [6.45, 7) is 5.69. The van der Waals surface area contributed by atoms with E-state index in [1.165, 1.54) is 12.0 Å². The molecule has 1 saturated carbocycles. The van der Waals surface area contributed by atoms with Crippen LogP contribution in [0.3, 0.4) is 0 Å². The molecule has 0 spiro atoms. The summed E-state index contributed by atoms with van der Waals surface area (Å²) in [6, 6.07) is 9.00. The molecule has 1 aromatic heterocycles. The van der Waals surface area contributed by atoms with Gasteiger partial charge in [0.1, 0.15) is 11.9 Å². The highest BCUT2D eigenvalue weighted by Crippen LogP contribution is 2.32. The lowest BCUT2D eigenvalue weighted by molar-refractivity contribution is -0.120. The number of carbonyl (C=O) groups excluding carboxylic acids is 2. The summed E-state index contributed by atoms with van der Waals surface area (Å²) in [7, 11) is 2.05. The second-order valence-corrected chi connectivity index (χ2v) is 10.7. The molecule has 1 aliphatic carbocycles. The molecule has 37 heavy (non-hydrogen) atoms. The van der Waals surface area contributed by atoms with Gasteiger partial charge in [-0.1, -0.05) is 26.2 Å². The Labute approximate surface area is 220 Å². The average molecular weight is 509 g/mol. The van der Waals surface area contributed by atoms with Crippen LogP contribution in [-0.4, -0.2) is 70.6 Å². The zero-order valence-electron chi connectivity index (χ0n) is 22.2. The molecule has 1 aromatic carbocycles. The number of benzene rings is 1. The summed E-state index contributed by atoms with van der Waals surface area (Å²) >= 11 is 0. The van der Waals surface area contributed by atoms with Gasteiger partial charge in [-0.05, 0) is 62.7 Å². The molecular formula is C29H40N4O4. The number of anilines is 1. The van der Waals surface area contributed by atoms with Crippen molar-refractivity contribution in [3.05, 3.63) is 53.9 Å². The molecule has 3 atom stereocenters. The van der Waals surface area contributed by atoms with Crippen molar-refractivity contribution in [2.75, 3.05) is 32.1 Å². The number of likely N-dealkylation sites (N-methyl/N-ethyl adjacent to an activating group) is 1. The van der Waals surface area contributed by atoms with E-state index >= 15 is 0 Å². The van der Waals surface area contributed by atoms with Gasteiger partial charge in [-0.25, -0.2) is 0 Å². The third-order valence-corrected chi connectivity index (χ3v) is 7.60. The van der Waals surface area contributed by atoms with Crippen molar-refractivity contribution in [3.63, 3.8) is 0 Å². The van der Waals surface area contributed by atoms with Crippen LogP contribution in [0.5, 0.6) is 5.75 Å². The lowest BCUT2D eigenvalue weighted by atomic mass is 9.88. The van der Waals surface area contributed by atoms with Crippen molar-refractivity contribution in [1.29, 1.82) is 0 Å². The second-order valence-electron chi connectivity index (χ2n) is 10.7. The molecule has 2 aromatic rings. The van der Waals surface area contributed by atoms with Gasteiger partial charge in [0.25, 0.3) is 5.91 Å². The zero-order valence-corrected chi connectivity index (χ0v) is 22.2. The highest BCUT2D eigenvalue weighted by Gasteiger charge is 2.33. The van der Waals surface area contributed by atoms with Gasteiger partial charge in [-0.15, -0.1) is 0 Å². The molecule has 0 bridgehead atoms. The third-order valence-electron chi connectivity index (χ3n) is 7.60. The van der Waals surface area contributed by atoms with Crippen LogP contribution in [0.2, 0.25) is 0 Å². The van der Waals surface area contributed by atoms with Crippen molar-refractivity contribution < 1.29 is 19.4 Å². The minimum absolute atomic E-state index is 0.0173. The van der Waals surface area contributed by atoms with Crippen molar-refractivity contribution in [3.8, 4) is 5.75 Å². The first-order valence-electron chi connectivity index (χ1n) is 13.5. The third kappa shape index (κ3) is 6.87. The molecule has 2 amide bonds. The van der Waals surface area contributed by atoms with Gasteiger partial charge in [-0.2, -0.15) is 0 Å². The number of ether oxygens (including phenoxy) is 1. The molecule has 8 nitrogen and oxygen atoms in total.